The summed E-state index contributed by atoms with van der Waals surface area (Å²) < 4.78 is 9.42. The molecule has 0 amide bonds. The van der Waals surface area contributed by atoms with Crippen LogP contribution >= 0.6 is 15.9 Å². The van der Waals surface area contributed by atoms with Gasteiger partial charge in [-0.3, -0.25) is 9.59 Å². The van der Waals surface area contributed by atoms with Crippen molar-refractivity contribution in [1.82, 2.24) is 14.2 Å². The van der Waals surface area contributed by atoms with E-state index in [0.29, 0.717) is 23.1 Å². The van der Waals surface area contributed by atoms with Gasteiger partial charge in [-0.25, -0.2) is 4.98 Å². The predicted molar refractivity (Wildman–Crippen MR) is 134 cm³/mol. The Hall–Kier alpha value is -3.26. The van der Waals surface area contributed by atoms with Crippen molar-refractivity contribution in [2.75, 3.05) is 0 Å². The zero-order valence-corrected chi connectivity index (χ0v) is 20.6. The van der Waals surface area contributed by atoms with Crippen molar-refractivity contribution in [1.29, 1.82) is 0 Å². The number of hydrogen-bond donors (Lipinski definition) is 0. The summed E-state index contributed by atoms with van der Waals surface area (Å²) in [7, 11) is 0. The van der Waals surface area contributed by atoms with Gasteiger partial charge in [-0.1, -0.05) is 41.1 Å². The molecule has 0 aliphatic rings. The number of hydrogen-bond acceptors (Lipinski definition) is 5. The van der Waals surface area contributed by atoms with E-state index in [1.54, 1.807) is 12.3 Å². The monoisotopic (exact) mass is 508 g/mol. The van der Waals surface area contributed by atoms with Gasteiger partial charge in [-0.05, 0) is 45.0 Å². The lowest BCUT2D eigenvalue weighted by Crippen LogP contribution is -2.22. The van der Waals surface area contributed by atoms with Gasteiger partial charge in [0.15, 0.2) is 0 Å². The van der Waals surface area contributed by atoms with Crippen LogP contribution in [0.2, 0.25) is 0 Å². The molecule has 0 unspecified atom stereocenters. The molecule has 4 aromatic rings. The van der Waals surface area contributed by atoms with Crippen molar-refractivity contribution in [3.8, 4) is 0 Å². The largest absolute Gasteiger partial charge is 0.462 e. The summed E-state index contributed by atoms with van der Waals surface area (Å²) in [5, 5.41) is 5.99. The number of benzene rings is 2. The van der Waals surface area contributed by atoms with Gasteiger partial charge in [0.1, 0.15) is 12.4 Å². The molecule has 0 atom stereocenters. The van der Waals surface area contributed by atoms with Crippen LogP contribution in [0.1, 0.15) is 37.9 Å². The van der Waals surface area contributed by atoms with Gasteiger partial charge in [0.2, 0.25) is 0 Å². The quantitative estimate of drug-likeness (QED) is 0.276. The smallest absolute Gasteiger partial charge is 0.326 e. The van der Waals surface area contributed by atoms with Crippen molar-refractivity contribution in [3.63, 3.8) is 0 Å². The van der Waals surface area contributed by atoms with E-state index in [2.05, 4.69) is 26.0 Å². The van der Waals surface area contributed by atoms with E-state index in [1.807, 2.05) is 68.7 Å². The van der Waals surface area contributed by atoms with Gasteiger partial charge < -0.3 is 9.30 Å². The summed E-state index contributed by atoms with van der Waals surface area (Å²) in [6, 6.07) is 13.3. The lowest BCUT2D eigenvalue weighted by molar-refractivity contribution is -0.148. The maximum Gasteiger partial charge on any atom is 0.326 e. The van der Waals surface area contributed by atoms with Crippen LogP contribution in [-0.4, -0.2) is 32.5 Å². The van der Waals surface area contributed by atoms with Gasteiger partial charge in [0.05, 0.1) is 23.2 Å². The average molecular weight is 509 g/mol. The van der Waals surface area contributed by atoms with E-state index < -0.39 is 0 Å². The molecule has 0 fully saturated rings. The van der Waals surface area contributed by atoms with Gasteiger partial charge in [-0.15, -0.1) is 0 Å². The second-order valence-corrected chi connectivity index (χ2v) is 8.96. The first-order valence-corrected chi connectivity index (χ1v) is 11.6. The SMILES string of the molecule is CCc1nc2ccc(Br)cc2c(=O)n1N=Cc1c(C)n(CC(=O)OC(C)C)c2ccccc12. The van der Waals surface area contributed by atoms with Crippen molar-refractivity contribution in [2.45, 2.75) is 46.8 Å². The maximum atomic E-state index is 13.2. The summed E-state index contributed by atoms with van der Waals surface area (Å²) in [5.41, 5.74) is 3.02. The van der Waals surface area contributed by atoms with Crippen molar-refractivity contribution in [2.24, 2.45) is 5.10 Å². The normalized spacial score (nSPS) is 11.8. The Labute approximate surface area is 199 Å². The highest BCUT2D eigenvalue weighted by molar-refractivity contribution is 9.10. The molecule has 170 valence electrons. The highest BCUT2D eigenvalue weighted by Gasteiger charge is 2.17. The number of aromatic nitrogens is 3. The van der Waals surface area contributed by atoms with E-state index in [1.165, 1.54) is 4.68 Å². The van der Waals surface area contributed by atoms with E-state index >= 15 is 0 Å². The Balaban J connectivity index is 1.83. The summed E-state index contributed by atoms with van der Waals surface area (Å²) >= 11 is 3.42. The lowest BCUT2D eigenvalue weighted by atomic mass is 10.1. The Morgan fingerprint density at radius 3 is 2.70 bits per heavy atom. The first kappa shape index (κ1) is 22.9. The standard InChI is InChI=1S/C25H25BrN4O3/c1-5-23-28-21-11-10-17(26)12-19(21)25(32)30(23)27-13-20-16(4)29(14-24(31)33-15(2)3)22-9-7-6-8-18(20)22/h6-13,15H,5,14H2,1-4H3. The summed E-state index contributed by atoms with van der Waals surface area (Å²) in [5.74, 6) is 0.277. The minimum Gasteiger partial charge on any atom is -0.462 e. The highest BCUT2D eigenvalue weighted by atomic mass is 79.9. The van der Waals surface area contributed by atoms with Crippen LogP contribution < -0.4 is 5.56 Å². The Morgan fingerprint density at radius 1 is 1.21 bits per heavy atom. The Kier molecular flexibility index (Phi) is 6.47. The van der Waals surface area contributed by atoms with Crippen molar-refractivity contribution >= 4 is 49.9 Å². The summed E-state index contributed by atoms with van der Waals surface area (Å²) in [4.78, 5) is 30.2. The number of fused-ring (bicyclic) bond motifs is 2. The van der Waals surface area contributed by atoms with Gasteiger partial charge >= 0.3 is 5.97 Å². The molecule has 4 rings (SSSR count). The number of esters is 1. The van der Waals surface area contributed by atoms with E-state index in [4.69, 9.17) is 4.74 Å². The molecule has 33 heavy (non-hydrogen) atoms. The topological polar surface area (TPSA) is 78.5 Å². The van der Waals surface area contributed by atoms with Gasteiger partial charge in [0.25, 0.3) is 5.56 Å². The fourth-order valence-corrected chi connectivity index (χ4v) is 4.27. The van der Waals surface area contributed by atoms with Crippen LogP contribution in [0, 0.1) is 6.92 Å². The summed E-state index contributed by atoms with van der Waals surface area (Å²) in [6.07, 6.45) is 2.05. The van der Waals surface area contributed by atoms with Gasteiger partial charge in [-0.2, -0.15) is 9.78 Å². The maximum absolute atomic E-state index is 13.2. The Morgan fingerprint density at radius 2 is 1.97 bits per heavy atom. The number of halogens is 1. The average Bonchev–Trinajstić information content (AvgIpc) is 3.04. The molecule has 0 saturated heterocycles. The van der Waals surface area contributed by atoms with Crippen LogP contribution in [0.5, 0.6) is 0 Å². The van der Waals surface area contributed by atoms with Crippen LogP contribution in [0.3, 0.4) is 0 Å². The minimum absolute atomic E-state index is 0.101. The van der Waals surface area contributed by atoms with Crippen LogP contribution in [0.25, 0.3) is 21.8 Å². The van der Waals surface area contributed by atoms with E-state index in [-0.39, 0.29) is 24.2 Å². The first-order chi connectivity index (χ1) is 15.8. The van der Waals surface area contributed by atoms with Gasteiger partial charge in [0, 0.05) is 33.1 Å². The number of aryl methyl sites for hydroxylation is 1. The molecule has 0 bridgehead atoms. The zero-order chi connectivity index (χ0) is 23.7. The summed E-state index contributed by atoms with van der Waals surface area (Å²) in [6.45, 7) is 7.63. The number of nitrogens with zero attached hydrogens (tertiary/aromatic N) is 4. The highest BCUT2D eigenvalue weighted by Crippen LogP contribution is 2.25. The van der Waals surface area contributed by atoms with Crippen molar-refractivity contribution < 1.29 is 9.53 Å². The number of ether oxygens (including phenoxy) is 1. The van der Waals surface area contributed by atoms with Crippen molar-refractivity contribution in [3.05, 3.63) is 74.4 Å². The second-order valence-electron chi connectivity index (χ2n) is 8.05. The van der Waals surface area contributed by atoms with Crippen LogP contribution in [0.4, 0.5) is 0 Å². The molecule has 2 aromatic heterocycles. The zero-order valence-electron chi connectivity index (χ0n) is 19.0. The molecule has 0 N–H and O–H groups in total. The molecule has 0 saturated carbocycles. The fraction of sp³-hybridized carbons (Fsp3) is 0.280. The molecule has 0 aliphatic carbocycles. The molecule has 2 heterocycles. The molecule has 0 radical (unpaired) electrons. The molecule has 8 heteroatoms. The molecular formula is C25H25BrN4O3. The third-order valence-corrected chi connectivity index (χ3v) is 5.92. The Bertz CT molecular complexity index is 1450. The molecule has 0 spiro atoms. The van der Waals surface area contributed by atoms with E-state index in [9.17, 15) is 9.59 Å². The molecule has 7 nitrogen and oxygen atoms in total. The van der Waals surface area contributed by atoms with Crippen LogP contribution in [-0.2, 0) is 22.5 Å². The number of para-hydroxylation sites is 1. The molecule has 0 aliphatic heterocycles. The second kappa shape index (κ2) is 9.31. The first-order valence-electron chi connectivity index (χ1n) is 10.8. The fourth-order valence-electron chi connectivity index (χ4n) is 3.91. The molecule has 2 aromatic carbocycles. The number of carbonyl (C=O) groups excluding carboxylic acids is 1. The van der Waals surface area contributed by atoms with Crippen LogP contribution in [0.15, 0.2) is 56.8 Å². The third-order valence-electron chi connectivity index (χ3n) is 5.43. The minimum atomic E-state index is -0.300. The number of carbonyl (C=O) groups is 1. The third kappa shape index (κ3) is 4.48. The van der Waals surface area contributed by atoms with E-state index in [0.717, 1.165) is 26.6 Å². The lowest BCUT2D eigenvalue weighted by Gasteiger charge is -2.11. The molecular weight excluding hydrogens is 484 g/mol. The number of rotatable bonds is 6. The predicted octanol–water partition coefficient (Wildman–Crippen LogP) is 4.82.